The fourth-order valence-electron chi connectivity index (χ4n) is 3.05. The minimum Gasteiger partial charge on any atom is -0.356 e. The minimum atomic E-state index is -0.758. The van der Waals surface area contributed by atoms with Gasteiger partial charge in [0.05, 0.1) is 16.7 Å². The Morgan fingerprint density at radius 2 is 1.81 bits per heavy atom. The number of hydrogen-bond acceptors (Lipinski definition) is 4. The Morgan fingerprint density at radius 3 is 2.44 bits per heavy atom. The van der Waals surface area contributed by atoms with Gasteiger partial charge in [-0.15, -0.1) is 0 Å². The van der Waals surface area contributed by atoms with E-state index in [0.717, 1.165) is 0 Å². The number of halogens is 1. The summed E-state index contributed by atoms with van der Waals surface area (Å²) >= 11 is 0. The van der Waals surface area contributed by atoms with Gasteiger partial charge in [0.15, 0.2) is 11.5 Å². The van der Waals surface area contributed by atoms with E-state index < -0.39 is 11.2 Å². The second-order valence-corrected chi connectivity index (χ2v) is 6.73. The van der Waals surface area contributed by atoms with Crippen molar-refractivity contribution in [1.82, 2.24) is 5.16 Å². The van der Waals surface area contributed by atoms with E-state index in [1.54, 1.807) is 48.5 Å². The van der Waals surface area contributed by atoms with E-state index >= 15 is 0 Å². The predicted molar refractivity (Wildman–Crippen MR) is 97.9 cm³/mol. The summed E-state index contributed by atoms with van der Waals surface area (Å²) in [6.07, 6.45) is 1.29. The van der Waals surface area contributed by atoms with E-state index in [1.165, 1.54) is 13.0 Å². The van der Waals surface area contributed by atoms with Crippen molar-refractivity contribution < 1.29 is 18.5 Å². The number of anilines is 1. The summed E-state index contributed by atoms with van der Waals surface area (Å²) in [5, 5.41) is 6.88. The Balaban J connectivity index is 1.54. The monoisotopic (exact) mass is 364 g/mol. The Hall–Kier alpha value is -3.28. The zero-order valence-electron chi connectivity index (χ0n) is 14.7. The summed E-state index contributed by atoms with van der Waals surface area (Å²) in [5.74, 6) is -0.325. The zero-order chi connectivity index (χ0) is 19.0. The third-order valence-electron chi connectivity index (χ3n) is 4.87. The molecule has 1 aliphatic carbocycles. The molecule has 5 nitrogen and oxygen atoms in total. The number of hydrogen-bond donors (Lipinski definition) is 1. The fourth-order valence-corrected chi connectivity index (χ4v) is 3.05. The van der Waals surface area contributed by atoms with Gasteiger partial charge in [-0.25, -0.2) is 4.39 Å². The lowest BCUT2D eigenvalue weighted by molar-refractivity contribution is -0.118. The van der Waals surface area contributed by atoms with Crippen molar-refractivity contribution in [3.05, 3.63) is 71.7 Å². The number of carbonyl (C=O) groups is 2. The summed E-state index contributed by atoms with van der Waals surface area (Å²) in [4.78, 5) is 24.1. The standard InChI is InChI=1S/C21H17FN2O3/c1-13(25)14-6-8-15(9-7-14)23-20(26)21(10-11-21)19-12-18(27-24-19)16-4-2-3-5-17(16)22/h2-9,12H,10-11H2,1H3,(H,23,26). The summed E-state index contributed by atoms with van der Waals surface area (Å²) in [6.45, 7) is 1.49. The number of ketones is 1. The van der Waals surface area contributed by atoms with Gasteiger partial charge >= 0.3 is 0 Å². The van der Waals surface area contributed by atoms with Crippen molar-refractivity contribution >= 4 is 17.4 Å². The zero-order valence-corrected chi connectivity index (χ0v) is 14.7. The third kappa shape index (κ3) is 3.14. The van der Waals surface area contributed by atoms with Crippen LogP contribution in [0.1, 0.15) is 35.8 Å². The molecule has 0 radical (unpaired) electrons. The maximum absolute atomic E-state index is 13.9. The number of nitrogens with zero attached hydrogens (tertiary/aromatic N) is 1. The summed E-state index contributed by atoms with van der Waals surface area (Å²) < 4.78 is 19.2. The van der Waals surface area contributed by atoms with Crippen molar-refractivity contribution in [3.8, 4) is 11.3 Å². The lowest BCUT2D eigenvalue weighted by Crippen LogP contribution is -2.28. The molecule has 1 N–H and O–H groups in total. The van der Waals surface area contributed by atoms with E-state index in [-0.39, 0.29) is 11.7 Å². The molecule has 27 heavy (non-hydrogen) atoms. The highest BCUT2D eigenvalue weighted by Gasteiger charge is 2.53. The van der Waals surface area contributed by atoms with Crippen LogP contribution in [0.4, 0.5) is 10.1 Å². The molecule has 6 heteroatoms. The lowest BCUT2D eigenvalue weighted by atomic mass is 10.00. The van der Waals surface area contributed by atoms with E-state index in [2.05, 4.69) is 10.5 Å². The van der Waals surface area contributed by atoms with Crippen LogP contribution in [0.5, 0.6) is 0 Å². The van der Waals surface area contributed by atoms with Gasteiger partial charge in [0, 0.05) is 17.3 Å². The molecule has 2 aromatic carbocycles. The third-order valence-corrected chi connectivity index (χ3v) is 4.87. The molecule has 3 aromatic rings. The van der Waals surface area contributed by atoms with Crippen LogP contribution in [0.15, 0.2) is 59.1 Å². The average molecular weight is 364 g/mol. The van der Waals surface area contributed by atoms with Crippen LogP contribution in [-0.2, 0) is 10.2 Å². The van der Waals surface area contributed by atoms with Gasteiger partial charge in [0.1, 0.15) is 5.82 Å². The van der Waals surface area contributed by atoms with Crippen LogP contribution in [0.3, 0.4) is 0 Å². The Morgan fingerprint density at radius 1 is 1.11 bits per heavy atom. The second kappa shape index (κ2) is 6.46. The molecule has 0 bridgehead atoms. The van der Waals surface area contributed by atoms with E-state index in [9.17, 15) is 14.0 Å². The summed E-state index contributed by atoms with van der Waals surface area (Å²) in [7, 11) is 0. The highest BCUT2D eigenvalue weighted by molar-refractivity contribution is 6.01. The average Bonchev–Trinajstić information content (AvgIpc) is 3.33. The molecule has 1 aliphatic rings. The fraction of sp³-hybridized carbons (Fsp3) is 0.190. The first kappa shape index (κ1) is 17.1. The molecule has 1 fully saturated rings. The SMILES string of the molecule is CC(=O)c1ccc(NC(=O)C2(c3cc(-c4ccccc4F)on3)CC2)cc1. The topological polar surface area (TPSA) is 72.2 Å². The van der Waals surface area contributed by atoms with Crippen LogP contribution >= 0.6 is 0 Å². The number of aromatic nitrogens is 1. The number of nitrogens with one attached hydrogen (secondary N) is 1. The van der Waals surface area contributed by atoms with Crippen molar-refractivity contribution in [2.75, 3.05) is 5.32 Å². The molecule has 0 saturated heterocycles. The van der Waals surface area contributed by atoms with Crippen LogP contribution in [0, 0.1) is 5.82 Å². The van der Waals surface area contributed by atoms with Gasteiger partial charge in [0.25, 0.3) is 0 Å². The predicted octanol–water partition coefficient (Wildman–Crippen LogP) is 4.35. The van der Waals surface area contributed by atoms with E-state index in [1.807, 2.05) is 0 Å². The van der Waals surface area contributed by atoms with Crippen LogP contribution in [0.2, 0.25) is 0 Å². The molecule has 1 aromatic heterocycles. The van der Waals surface area contributed by atoms with Gasteiger partial charge in [-0.2, -0.15) is 0 Å². The molecule has 0 spiro atoms. The maximum Gasteiger partial charge on any atom is 0.236 e. The van der Waals surface area contributed by atoms with Crippen molar-refractivity contribution in [3.63, 3.8) is 0 Å². The second-order valence-electron chi connectivity index (χ2n) is 6.73. The first-order chi connectivity index (χ1) is 13.0. The van der Waals surface area contributed by atoms with Gasteiger partial charge in [-0.1, -0.05) is 17.3 Å². The molecule has 4 rings (SSSR count). The summed E-state index contributed by atoms with van der Waals surface area (Å²) in [6, 6.07) is 14.6. The molecule has 1 amide bonds. The maximum atomic E-state index is 13.9. The first-order valence-electron chi connectivity index (χ1n) is 8.64. The van der Waals surface area contributed by atoms with Crippen molar-refractivity contribution in [2.24, 2.45) is 0 Å². The largest absolute Gasteiger partial charge is 0.356 e. The number of Topliss-reactive ketones (excluding diaryl/α,β-unsaturated/α-hetero) is 1. The molecular formula is C21H17FN2O3. The Labute approximate surface area is 155 Å². The molecule has 0 unspecified atom stereocenters. The number of benzene rings is 2. The normalized spacial score (nSPS) is 14.6. The van der Waals surface area contributed by atoms with Gasteiger partial charge in [-0.3, -0.25) is 9.59 Å². The van der Waals surface area contributed by atoms with Crippen LogP contribution < -0.4 is 5.32 Å². The highest BCUT2D eigenvalue weighted by Crippen LogP contribution is 2.49. The lowest BCUT2D eigenvalue weighted by Gasteiger charge is -2.12. The molecule has 0 atom stereocenters. The van der Waals surface area contributed by atoms with Crippen molar-refractivity contribution in [1.29, 1.82) is 0 Å². The molecule has 136 valence electrons. The number of carbonyl (C=O) groups excluding carboxylic acids is 2. The van der Waals surface area contributed by atoms with Crippen LogP contribution in [-0.4, -0.2) is 16.8 Å². The molecule has 0 aliphatic heterocycles. The Kier molecular flexibility index (Phi) is 4.11. The van der Waals surface area contributed by atoms with E-state index in [4.69, 9.17) is 4.52 Å². The van der Waals surface area contributed by atoms with Gasteiger partial charge in [0.2, 0.25) is 5.91 Å². The van der Waals surface area contributed by atoms with Crippen LogP contribution in [0.25, 0.3) is 11.3 Å². The number of amides is 1. The van der Waals surface area contributed by atoms with E-state index in [0.29, 0.717) is 41.1 Å². The van der Waals surface area contributed by atoms with Crippen molar-refractivity contribution in [2.45, 2.75) is 25.2 Å². The highest BCUT2D eigenvalue weighted by atomic mass is 19.1. The minimum absolute atomic E-state index is 0.0326. The quantitative estimate of drug-likeness (QED) is 0.683. The smallest absolute Gasteiger partial charge is 0.236 e. The molecule has 1 heterocycles. The Bertz CT molecular complexity index is 1020. The first-order valence-corrected chi connectivity index (χ1v) is 8.64. The number of rotatable bonds is 5. The molecular weight excluding hydrogens is 347 g/mol. The van der Waals surface area contributed by atoms with Gasteiger partial charge < -0.3 is 9.84 Å². The molecule has 1 saturated carbocycles. The van der Waals surface area contributed by atoms with Gasteiger partial charge in [-0.05, 0) is 56.2 Å². The summed E-state index contributed by atoms with van der Waals surface area (Å²) in [5.41, 5.74) is 1.24.